The molecule has 0 spiro atoms. The van der Waals surface area contributed by atoms with Crippen LogP contribution in [0.3, 0.4) is 0 Å². The Hall–Kier alpha value is -1.28. The van der Waals surface area contributed by atoms with Crippen molar-refractivity contribution < 1.29 is 0 Å². The Morgan fingerprint density at radius 3 is 2.25 bits per heavy atom. The van der Waals surface area contributed by atoms with Crippen LogP contribution in [-0.4, -0.2) is 4.98 Å². The summed E-state index contributed by atoms with van der Waals surface area (Å²) >= 11 is 18.8. The average Bonchev–Trinajstić information content (AvgIpc) is 2.47. The van der Waals surface area contributed by atoms with Gasteiger partial charge in [0.05, 0.1) is 26.3 Å². The molecule has 2 aromatic carbocycles. The van der Waals surface area contributed by atoms with E-state index >= 15 is 0 Å². The number of pyridine rings is 1. The number of fused-ring (bicyclic) bond motifs is 1. The summed E-state index contributed by atoms with van der Waals surface area (Å²) in [6.45, 7) is 1.96. The van der Waals surface area contributed by atoms with Crippen molar-refractivity contribution >= 4 is 45.7 Å². The second-order valence-electron chi connectivity index (χ2n) is 4.52. The first-order valence-electron chi connectivity index (χ1n) is 6.09. The molecule has 20 heavy (non-hydrogen) atoms. The van der Waals surface area contributed by atoms with Crippen molar-refractivity contribution in [2.75, 3.05) is 0 Å². The zero-order valence-corrected chi connectivity index (χ0v) is 12.9. The minimum absolute atomic E-state index is 0.434. The molecule has 100 valence electrons. The Morgan fingerprint density at radius 1 is 0.850 bits per heavy atom. The molecule has 0 radical (unpaired) electrons. The molecule has 0 aliphatic carbocycles. The standard InChI is InChI=1S/C16H10Cl3N/c1-9-13(18)11-7-8-12(17)14(19)16(11)20-15(9)10-5-3-2-4-6-10/h2-8H,1H3. The predicted molar refractivity (Wildman–Crippen MR) is 86.9 cm³/mol. The zero-order valence-electron chi connectivity index (χ0n) is 10.6. The molecule has 0 amide bonds. The molecular formula is C16H10Cl3N. The SMILES string of the molecule is Cc1c(-c2ccccc2)nc2c(Cl)c(Cl)ccc2c1Cl. The number of rotatable bonds is 1. The van der Waals surface area contributed by atoms with Crippen LogP contribution in [0.15, 0.2) is 42.5 Å². The summed E-state index contributed by atoms with van der Waals surface area (Å²) in [5.74, 6) is 0. The lowest BCUT2D eigenvalue weighted by atomic mass is 10.0. The van der Waals surface area contributed by atoms with Gasteiger partial charge in [0, 0.05) is 10.9 Å². The van der Waals surface area contributed by atoms with Crippen LogP contribution in [-0.2, 0) is 0 Å². The molecular weight excluding hydrogens is 313 g/mol. The van der Waals surface area contributed by atoms with Crippen molar-refractivity contribution in [1.29, 1.82) is 0 Å². The molecule has 0 atom stereocenters. The highest BCUT2D eigenvalue weighted by atomic mass is 35.5. The smallest absolute Gasteiger partial charge is 0.0926 e. The first-order valence-corrected chi connectivity index (χ1v) is 7.22. The van der Waals surface area contributed by atoms with Crippen LogP contribution >= 0.6 is 34.8 Å². The predicted octanol–water partition coefficient (Wildman–Crippen LogP) is 6.17. The lowest BCUT2D eigenvalue weighted by molar-refractivity contribution is 1.33. The lowest BCUT2D eigenvalue weighted by Gasteiger charge is -2.12. The van der Waals surface area contributed by atoms with E-state index < -0.39 is 0 Å². The second-order valence-corrected chi connectivity index (χ2v) is 5.69. The van der Waals surface area contributed by atoms with Gasteiger partial charge in [0.2, 0.25) is 0 Å². The Kier molecular flexibility index (Phi) is 3.59. The fourth-order valence-electron chi connectivity index (χ4n) is 2.21. The average molecular weight is 323 g/mol. The number of halogens is 3. The van der Waals surface area contributed by atoms with Crippen molar-refractivity contribution in [2.45, 2.75) is 6.92 Å². The molecule has 0 saturated carbocycles. The van der Waals surface area contributed by atoms with Crippen molar-refractivity contribution in [3.05, 3.63) is 63.1 Å². The minimum Gasteiger partial charge on any atom is -0.246 e. The van der Waals surface area contributed by atoms with E-state index in [1.165, 1.54) is 0 Å². The van der Waals surface area contributed by atoms with Gasteiger partial charge in [-0.05, 0) is 24.6 Å². The van der Waals surface area contributed by atoms with E-state index in [4.69, 9.17) is 34.8 Å². The van der Waals surface area contributed by atoms with Gasteiger partial charge < -0.3 is 0 Å². The molecule has 0 N–H and O–H groups in total. The summed E-state index contributed by atoms with van der Waals surface area (Å²) in [5.41, 5.74) is 3.40. The third kappa shape index (κ3) is 2.16. The van der Waals surface area contributed by atoms with Crippen LogP contribution in [0, 0.1) is 6.92 Å². The van der Waals surface area contributed by atoms with E-state index in [0.717, 1.165) is 22.2 Å². The first kappa shape index (κ1) is 13.7. The molecule has 0 unspecified atom stereocenters. The summed E-state index contributed by atoms with van der Waals surface area (Å²) in [6, 6.07) is 13.5. The molecule has 3 rings (SSSR count). The van der Waals surface area contributed by atoms with E-state index in [0.29, 0.717) is 20.6 Å². The molecule has 1 nitrogen and oxygen atoms in total. The number of benzene rings is 2. The van der Waals surface area contributed by atoms with Crippen LogP contribution in [0.5, 0.6) is 0 Å². The van der Waals surface area contributed by atoms with Crippen LogP contribution in [0.25, 0.3) is 22.2 Å². The van der Waals surface area contributed by atoms with Crippen LogP contribution < -0.4 is 0 Å². The third-order valence-electron chi connectivity index (χ3n) is 3.26. The van der Waals surface area contributed by atoms with Crippen LogP contribution in [0.4, 0.5) is 0 Å². The van der Waals surface area contributed by atoms with E-state index in [2.05, 4.69) is 4.98 Å². The molecule has 0 aliphatic rings. The van der Waals surface area contributed by atoms with Crippen molar-refractivity contribution in [2.24, 2.45) is 0 Å². The van der Waals surface area contributed by atoms with Gasteiger partial charge in [-0.15, -0.1) is 0 Å². The molecule has 0 fully saturated rings. The molecule has 0 bridgehead atoms. The van der Waals surface area contributed by atoms with E-state index in [1.807, 2.05) is 43.3 Å². The second kappa shape index (κ2) is 5.25. The largest absolute Gasteiger partial charge is 0.246 e. The number of aromatic nitrogens is 1. The maximum Gasteiger partial charge on any atom is 0.0926 e. The van der Waals surface area contributed by atoms with Crippen LogP contribution in [0.1, 0.15) is 5.56 Å². The summed E-state index contributed by atoms with van der Waals surface area (Å²) in [7, 11) is 0. The fourth-order valence-corrected chi connectivity index (χ4v) is 2.81. The number of hydrogen-bond acceptors (Lipinski definition) is 1. The Morgan fingerprint density at radius 2 is 1.55 bits per heavy atom. The van der Waals surface area contributed by atoms with Gasteiger partial charge >= 0.3 is 0 Å². The number of hydrogen-bond donors (Lipinski definition) is 0. The normalized spacial score (nSPS) is 11.0. The van der Waals surface area contributed by atoms with Crippen molar-refractivity contribution in [3.63, 3.8) is 0 Å². The first-order chi connectivity index (χ1) is 9.59. The Bertz CT molecular complexity index is 798. The Labute approximate surface area is 132 Å². The zero-order chi connectivity index (χ0) is 14.3. The molecule has 0 aliphatic heterocycles. The van der Waals surface area contributed by atoms with Gasteiger partial charge in [0.15, 0.2) is 0 Å². The molecule has 3 aromatic rings. The number of nitrogens with zero attached hydrogens (tertiary/aromatic N) is 1. The quantitative estimate of drug-likeness (QED) is 0.522. The third-order valence-corrected chi connectivity index (χ3v) is 4.54. The highest BCUT2D eigenvalue weighted by molar-refractivity contribution is 6.46. The molecule has 0 saturated heterocycles. The molecule has 1 aromatic heterocycles. The molecule has 4 heteroatoms. The maximum atomic E-state index is 6.46. The van der Waals surface area contributed by atoms with Crippen LogP contribution in [0.2, 0.25) is 15.1 Å². The Balaban J connectivity index is 2.40. The topological polar surface area (TPSA) is 12.9 Å². The summed E-state index contributed by atoms with van der Waals surface area (Å²) in [6.07, 6.45) is 0. The highest BCUT2D eigenvalue weighted by Gasteiger charge is 2.15. The summed E-state index contributed by atoms with van der Waals surface area (Å²) in [4.78, 5) is 4.67. The van der Waals surface area contributed by atoms with Gasteiger partial charge in [-0.2, -0.15) is 0 Å². The van der Waals surface area contributed by atoms with Gasteiger partial charge in [-0.1, -0.05) is 65.1 Å². The summed E-state index contributed by atoms with van der Waals surface area (Å²) < 4.78 is 0. The fraction of sp³-hybridized carbons (Fsp3) is 0.0625. The van der Waals surface area contributed by atoms with Gasteiger partial charge in [0.1, 0.15) is 0 Å². The van der Waals surface area contributed by atoms with Crippen molar-refractivity contribution in [3.8, 4) is 11.3 Å². The monoisotopic (exact) mass is 321 g/mol. The lowest BCUT2D eigenvalue weighted by Crippen LogP contribution is -1.93. The molecule has 1 heterocycles. The van der Waals surface area contributed by atoms with E-state index in [-0.39, 0.29) is 0 Å². The minimum atomic E-state index is 0.434. The summed E-state index contributed by atoms with van der Waals surface area (Å²) in [5, 5.41) is 2.39. The van der Waals surface area contributed by atoms with E-state index in [1.54, 1.807) is 6.07 Å². The maximum absolute atomic E-state index is 6.46. The van der Waals surface area contributed by atoms with E-state index in [9.17, 15) is 0 Å². The van der Waals surface area contributed by atoms with Gasteiger partial charge in [-0.25, -0.2) is 4.98 Å². The van der Waals surface area contributed by atoms with Gasteiger partial charge in [-0.3, -0.25) is 0 Å². The van der Waals surface area contributed by atoms with Crippen molar-refractivity contribution in [1.82, 2.24) is 4.98 Å². The van der Waals surface area contributed by atoms with Gasteiger partial charge in [0.25, 0.3) is 0 Å². The highest BCUT2D eigenvalue weighted by Crippen LogP contribution is 2.37.